The minimum atomic E-state index is -1.15. The van der Waals surface area contributed by atoms with E-state index in [4.69, 9.17) is 19.9 Å². The molecule has 0 aliphatic carbocycles. The number of likely N-dealkylation sites (tertiary alicyclic amines) is 1. The summed E-state index contributed by atoms with van der Waals surface area (Å²) in [5.74, 6) is -2.79. The number of hydrogen-bond acceptors (Lipinski definition) is 8. The number of hydrogen-bond donors (Lipinski definition) is 3. The second-order valence-corrected chi connectivity index (χ2v) is 9.67. The normalized spacial score (nSPS) is 24.8. The molecule has 198 valence electrons. The van der Waals surface area contributed by atoms with Gasteiger partial charge in [0.05, 0.1) is 18.7 Å². The van der Waals surface area contributed by atoms with E-state index in [1.807, 2.05) is 60.7 Å². The van der Waals surface area contributed by atoms with E-state index in [2.05, 4.69) is 5.32 Å². The van der Waals surface area contributed by atoms with Gasteiger partial charge in [-0.05, 0) is 31.4 Å². The minimum absolute atomic E-state index is 0.0698. The summed E-state index contributed by atoms with van der Waals surface area (Å²) >= 11 is 0. The monoisotopic (exact) mass is 511 g/mol. The molecule has 0 unspecified atom stereocenters. The fourth-order valence-electron chi connectivity index (χ4n) is 4.85. The van der Waals surface area contributed by atoms with Crippen molar-refractivity contribution in [2.75, 3.05) is 13.2 Å². The number of amides is 2. The zero-order valence-electron chi connectivity index (χ0n) is 20.9. The van der Waals surface area contributed by atoms with Crippen LogP contribution in [-0.2, 0) is 41.6 Å². The van der Waals surface area contributed by atoms with Crippen LogP contribution in [0.1, 0.15) is 25.0 Å². The molecule has 2 aliphatic heterocycles. The van der Waals surface area contributed by atoms with Gasteiger partial charge in [-0.15, -0.1) is 0 Å². The Kier molecular flexibility index (Phi) is 8.23. The standard InChI is InChI=1S/C27H33N3O7/c1-27(2)36-23-20(15-31)30(26(34)19(28)13-17-9-5-3-6-10-17)22(24(23)37-27)25(33)29-14-21(32)35-16-18-11-7-4-8-12-18/h3-12,19-20,22-24,31H,13-16,28H2,1-2H3,(H,29,33)/t19-,20-,22-,23-,24+/m0/s1. The Hall–Kier alpha value is -3.31. The maximum atomic E-state index is 13.5. The maximum Gasteiger partial charge on any atom is 0.325 e. The predicted molar refractivity (Wildman–Crippen MR) is 133 cm³/mol. The Bertz CT molecular complexity index is 1100. The average molecular weight is 512 g/mol. The molecule has 2 aromatic rings. The highest BCUT2D eigenvalue weighted by molar-refractivity contribution is 5.93. The Labute approximate surface area is 215 Å². The summed E-state index contributed by atoms with van der Waals surface area (Å²) in [4.78, 5) is 40.4. The molecule has 10 nitrogen and oxygen atoms in total. The number of benzene rings is 2. The van der Waals surface area contributed by atoms with Gasteiger partial charge in [0, 0.05) is 0 Å². The van der Waals surface area contributed by atoms with Crippen LogP contribution < -0.4 is 11.1 Å². The molecular weight excluding hydrogens is 478 g/mol. The molecule has 2 aliphatic rings. The number of carbonyl (C=O) groups is 3. The Balaban J connectivity index is 1.47. The number of fused-ring (bicyclic) bond motifs is 1. The van der Waals surface area contributed by atoms with Crippen molar-refractivity contribution in [3.05, 3.63) is 71.8 Å². The Morgan fingerprint density at radius 1 is 1.03 bits per heavy atom. The lowest BCUT2D eigenvalue weighted by atomic mass is 10.0. The Morgan fingerprint density at radius 2 is 1.62 bits per heavy atom. The topological polar surface area (TPSA) is 140 Å². The maximum absolute atomic E-state index is 13.5. The summed E-state index contributed by atoms with van der Waals surface area (Å²) in [6.07, 6.45) is -1.34. The third-order valence-corrected chi connectivity index (χ3v) is 6.49. The highest BCUT2D eigenvalue weighted by atomic mass is 16.8. The summed E-state index contributed by atoms with van der Waals surface area (Å²) in [7, 11) is 0. The van der Waals surface area contributed by atoms with E-state index >= 15 is 0 Å². The second-order valence-electron chi connectivity index (χ2n) is 9.67. The number of nitrogens with zero attached hydrogens (tertiary/aromatic N) is 1. The van der Waals surface area contributed by atoms with Gasteiger partial charge in [-0.25, -0.2) is 0 Å². The van der Waals surface area contributed by atoms with E-state index in [9.17, 15) is 19.5 Å². The van der Waals surface area contributed by atoms with Gasteiger partial charge in [0.25, 0.3) is 0 Å². The quantitative estimate of drug-likeness (QED) is 0.414. The first-order valence-electron chi connectivity index (χ1n) is 12.3. The molecule has 4 N–H and O–H groups in total. The van der Waals surface area contributed by atoms with E-state index in [1.54, 1.807) is 13.8 Å². The van der Waals surface area contributed by atoms with Gasteiger partial charge < -0.3 is 35.3 Å². The van der Waals surface area contributed by atoms with Gasteiger partial charge in [-0.1, -0.05) is 60.7 Å². The Morgan fingerprint density at radius 3 is 2.24 bits per heavy atom. The van der Waals surface area contributed by atoms with E-state index < -0.39 is 67.1 Å². The molecule has 0 bridgehead atoms. The molecular formula is C27H33N3O7. The fraction of sp³-hybridized carbons (Fsp3) is 0.444. The van der Waals surface area contributed by atoms with Gasteiger partial charge in [-0.2, -0.15) is 0 Å². The van der Waals surface area contributed by atoms with Crippen molar-refractivity contribution < 1.29 is 33.7 Å². The van der Waals surface area contributed by atoms with Gasteiger partial charge in [0.2, 0.25) is 11.8 Å². The van der Waals surface area contributed by atoms with Crippen LogP contribution in [0.15, 0.2) is 60.7 Å². The van der Waals surface area contributed by atoms with E-state index in [0.29, 0.717) is 0 Å². The van der Waals surface area contributed by atoms with Gasteiger partial charge in [0.15, 0.2) is 5.79 Å². The van der Waals surface area contributed by atoms with Crippen LogP contribution in [0, 0.1) is 0 Å². The number of aliphatic hydroxyl groups is 1. The molecule has 5 atom stereocenters. The lowest BCUT2D eigenvalue weighted by Gasteiger charge is -2.34. The van der Waals surface area contributed by atoms with Crippen molar-refractivity contribution >= 4 is 17.8 Å². The smallest absolute Gasteiger partial charge is 0.325 e. The summed E-state index contributed by atoms with van der Waals surface area (Å²) in [5, 5.41) is 12.7. The number of rotatable bonds is 9. The predicted octanol–water partition coefficient (Wildman–Crippen LogP) is 0.508. The number of nitrogens with one attached hydrogen (secondary N) is 1. The molecule has 2 saturated heterocycles. The highest BCUT2D eigenvalue weighted by Crippen LogP contribution is 2.40. The number of esters is 1. The summed E-state index contributed by atoms with van der Waals surface area (Å²) in [6, 6.07) is 15.5. The van der Waals surface area contributed by atoms with Crippen LogP contribution in [0.25, 0.3) is 0 Å². The first-order chi connectivity index (χ1) is 17.7. The third-order valence-electron chi connectivity index (χ3n) is 6.49. The van der Waals surface area contributed by atoms with E-state index in [1.165, 1.54) is 4.90 Å². The number of carbonyl (C=O) groups excluding carboxylic acids is 3. The molecule has 0 saturated carbocycles. The highest BCUT2D eigenvalue weighted by Gasteiger charge is 2.61. The second kappa shape index (κ2) is 11.4. The van der Waals surface area contributed by atoms with Crippen molar-refractivity contribution in [2.45, 2.75) is 63.0 Å². The molecule has 10 heteroatoms. The van der Waals surface area contributed by atoms with Gasteiger partial charge in [0.1, 0.15) is 31.4 Å². The largest absolute Gasteiger partial charge is 0.460 e. The van der Waals surface area contributed by atoms with Crippen LogP contribution >= 0.6 is 0 Å². The molecule has 2 aromatic carbocycles. The molecule has 37 heavy (non-hydrogen) atoms. The van der Waals surface area contributed by atoms with Crippen LogP contribution in [0.3, 0.4) is 0 Å². The van der Waals surface area contributed by atoms with Gasteiger partial charge in [-0.3, -0.25) is 14.4 Å². The summed E-state index contributed by atoms with van der Waals surface area (Å²) < 4.78 is 17.2. The molecule has 2 heterocycles. The number of ether oxygens (including phenoxy) is 3. The van der Waals surface area contributed by atoms with Crippen molar-refractivity contribution in [1.29, 1.82) is 0 Å². The fourth-order valence-corrected chi connectivity index (χ4v) is 4.85. The first kappa shape index (κ1) is 26.7. The average Bonchev–Trinajstić information content (AvgIpc) is 3.36. The van der Waals surface area contributed by atoms with E-state index in [-0.39, 0.29) is 13.0 Å². The van der Waals surface area contributed by atoms with Crippen LogP contribution in [-0.4, -0.2) is 77.1 Å². The summed E-state index contributed by atoms with van der Waals surface area (Å²) in [5.41, 5.74) is 7.94. The number of aliphatic hydroxyl groups excluding tert-OH is 1. The lowest BCUT2D eigenvalue weighted by molar-refractivity contribution is -0.178. The molecule has 0 radical (unpaired) electrons. The molecule has 4 rings (SSSR count). The molecule has 0 aromatic heterocycles. The summed E-state index contributed by atoms with van der Waals surface area (Å²) in [6.45, 7) is 2.62. The van der Waals surface area contributed by atoms with E-state index in [0.717, 1.165) is 11.1 Å². The third kappa shape index (κ3) is 6.16. The number of nitrogens with two attached hydrogens (primary N) is 1. The zero-order chi connectivity index (χ0) is 26.6. The zero-order valence-corrected chi connectivity index (χ0v) is 20.9. The van der Waals surface area contributed by atoms with Crippen molar-refractivity contribution in [3.63, 3.8) is 0 Å². The molecule has 2 amide bonds. The molecule has 2 fully saturated rings. The SMILES string of the molecule is CC1(C)O[C@@H]2[C@H](O1)[C@@H](C(=O)NCC(=O)OCc1ccccc1)N(C(=O)[C@@H](N)Cc1ccccc1)[C@H]2CO. The van der Waals surface area contributed by atoms with Crippen LogP contribution in [0.2, 0.25) is 0 Å². The van der Waals surface area contributed by atoms with Crippen molar-refractivity contribution in [3.8, 4) is 0 Å². The van der Waals surface area contributed by atoms with Crippen LogP contribution in [0.4, 0.5) is 0 Å². The first-order valence-corrected chi connectivity index (χ1v) is 12.3. The lowest BCUT2D eigenvalue weighted by Crippen LogP contribution is -2.58. The van der Waals surface area contributed by atoms with Crippen molar-refractivity contribution in [1.82, 2.24) is 10.2 Å². The van der Waals surface area contributed by atoms with Crippen LogP contribution in [0.5, 0.6) is 0 Å². The van der Waals surface area contributed by atoms with Gasteiger partial charge >= 0.3 is 5.97 Å². The minimum Gasteiger partial charge on any atom is -0.460 e. The molecule has 0 spiro atoms. The van der Waals surface area contributed by atoms with Crippen molar-refractivity contribution in [2.24, 2.45) is 5.73 Å².